The second-order valence-electron chi connectivity index (χ2n) is 4.80. The van der Waals surface area contributed by atoms with Gasteiger partial charge in [-0.15, -0.1) is 0 Å². The molecule has 0 radical (unpaired) electrons. The van der Waals surface area contributed by atoms with E-state index in [2.05, 4.69) is 10.0 Å². The monoisotopic (exact) mass is 277 g/mol. The van der Waals surface area contributed by atoms with Crippen LogP contribution in [0.2, 0.25) is 0 Å². The highest BCUT2D eigenvalue weighted by Crippen LogP contribution is 2.30. The van der Waals surface area contributed by atoms with E-state index in [0.717, 1.165) is 12.0 Å². The van der Waals surface area contributed by atoms with Gasteiger partial charge in [0.25, 0.3) is 0 Å². The molecule has 1 fully saturated rings. The molecule has 3 unspecified atom stereocenters. The first-order chi connectivity index (χ1) is 9.76. The maximum Gasteiger partial charge on any atom is 0.184 e. The summed E-state index contributed by atoms with van der Waals surface area (Å²) in [4.78, 5) is 2.80. The number of aliphatic hydroxyl groups is 1. The summed E-state index contributed by atoms with van der Waals surface area (Å²) >= 11 is 0. The van der Waals surface area contributed by atoms with Gasteiger partial charge in [0.2, 0.25) is 0 Å². The van der Waals surface area contributed by atoms with Gasteiger partial charge in [0.1, 0.15) is 0 Å². The van der Waals surface area contributed by atoms with Gasteiger partial charge in [-0.2, -0.15) is 0 Å². The van der Waals surface area contributed by atoms with Gasteiger partial charge in [-0.05, 0) is 12.0 Å². The van der Waals surface area contributed by atoms with E-state index >= 15 is 0 Å². The second kappa shape index (κ2) is 7.26. The van der Waals surface area contributed by atoms with Gasteiger partial charge in [0, 0.05) is 10.5 Å². The van der Waals surface area contributed by atoms with Gasteiger partial charge >= 0.3 is 0 Å². The van der Waals surface area contributed by atoms with Crippen molar-refractivity contribution in [3.8, 4) is 0 Å². The standard InChI is InChI=1S/C14H19N3O3/c1-2-6-12(18)13-11(16-17-15)9-19-14(20-13)10-7-4-3-5-8-10/h3-5,7-8,11-14,18H,2,6,9H2,1H3/t11?,12-,13?,14?/m1/s1. The van der Waals surface area contributed by atoms with Gasteiger partial charge in [-0.3, -0.25) is 0 Å². The molecular weight excluding hydrogens is 258 g/mol. The molecule has 1 saturated heterocycles. The van der Waals surface area contributed by atoms with Crippen molar-refractivity contribution in [2.24, 2.45) is 5.11 Å². The number of benzene rings is 1. The second-order valence-corrected chi connectivity index (χ2v) is 4.80. The van der Waals surface area contributed by atoms with E-state index in [9.17, 15) is 5.11 Å². The minimum Gasteiger partial charge on any atom is -0.390 e. The van der Waals surface area contributed by atoms with E-state index in [4.69, 9.17) is 15.0 Å². The van der Waals surface area contributed by atoms with Crippen molar-refractivity contribution in [1.82, 2.24) is 0 Å². The molecule has 0 spiro atoms. The lowest BCUT2D eigenvalue weighted by atomic mass is 10.0. The Morgan fingerprint density at radius 3 is 2.85 bits per heavy atom. The highest BCUT2D eigenvalue weighted by Gasteiger charge is 2.36. The van der Waals surface area contributed by atoms with Crippen LogP contribution in [0.1, 0.15) is 31.6 Å². The molecule has 0 saturated carbocycles. The Labute approximate surface area is 118 Å². The average Bonchev–Trinajstić information content (AvgIpc) is 2.49. The van der Waals surface area contributed by atoms with Crippen LogP contribution in [0.15, 0.2) is 35.4 Å². The van der Waals surface area contributed by atoms with Gasteiger partial charge in [-0.25, -0.2) is 0 Å². The van der Waals surface area contributed by atoms with E-state index in [-0.39, 0.29) is 6.61 Å². The van der Waals surface area contributed by atoms with Crippen LogP contribution in [0, 0.1) is 0 Å². The fraction of sp³-hybridized carbons (Fsp3) is 0.571. The predicted octanol–water partition coefficient (Wildman–Crippen LogP) is 2.94. The number of ether oxygens (including phenoxy) is 2. The zero-order chi connectivity index (χ0) is 14.4. The maximum absolute atomic E-state index is 10.2. The number of azide groups is 1. The molecule has 0 bridgehead atoms. The molecule has 1 aromatic carbocycles. The smallest absolute Gasteiger partial charge is 0.184 e. The van der Waals surface area contributed by atoms with Gasteiger partial charge in [0.05, 0.1) is 24.9 Å². The van der Waals surface area contributed by atoms with Crippen molar-refractivity contribution in [1.29, 1.82) is 0 Å². The van der Waals surface area contributed by atoms with E-state index < -0.39 is 24.5 Å². The quantitative estimate of drug-likeness (QED) is 0.510. The molecule has 1 N–H and O–H groups in total. The Kier molecular flexibility index (Phi) is 5.38. The molecule has 1 aromatic rings. The highest BCUT2D eigenvalue weighted by molar-refractivity contribution is 5.16. The van der Waals surface area contributed by atoms with Crippen molar-refractivity contribution in [2.75, 3.05) is 6.61 Å². The summed E-state index contributed by atoms with van der Waals surface area (Å²) in [5.41, 5.74) is 9.49. The highest BCUT2D eigenvalue weighted by atomic mass is 16.7. The maximum atomic E-state index is 10.2. The first-order valence-corrected chi connectivity index (χ1v) is 6.80. The first kappa shape index (κ1) is 14.8. The topological polar surface area (TPSA) is 87.5 Å². The molecule has 0 amide bonds. The zero-order valence-electron chi connectivity index (χ0n) is 11.4. The Balaban J connectivity index is 2.13. The SMILES string of the molecule is CCC[C@@H](O)C1OC(c2ccccc2)OCC1N=[N+]=[N-]. The molecule has 4 atom stereocenters. The predicted molar refractivity (Wildman–Crippen MR) is 73.9 cm³/mol. The third kappa shape index (κ3) is 3.49. The molecule has 6 heteroatoms. The molecule has 1 aliphatic rings. The van der Waals surface area contributed by atoms with Crippen LogP contribution >= 0.6 is 0 Å². The van der Waals surface area contributed by atoms with E-state index in [0.29, 0.717) is 6.42 Å². The summed E-state index contributed by atoms with van der Waals surface area (Å²) in [5.74, 6) is 0. The summed E-state index contributed by atoms with van der Waals surface area (Å²) in [6.07, 6.45) is -0.293. The molecule has 6 nitrogen and oxygen atoms in total. The minimum atomic E-state index is -0.661. The van der Waals surface area contributed by atoms with Gasteiger partial charge in [-0.1, -0.05) is 48.8 Å². The third-order valence-electron chi connectivity index (χ3n) is 3.31. The first-order valence-electron chi connectivity index (χ1n) is 6.80. The Bertz CT molecular complexity index is 462. The largest absolute Gasteiger partial charge is 0.390 e. The van der Waals surface area contributed by atoms with E-state index in [1.54, 1.807) is 0 Å². The van der Waals surface area contributed by atoms with Gasteiger partial charge in [0.15, 0.2) is 6.29 Å². The van der Waals surface area contributed by atoms with Crippen LogP contribution in [0.4, 0.5) is 0 Å². The summed E-state index contributed by atoms with van der Waals surface area (Å²) in [6.45, 7) is 2.23. The van der Waals surface area contributed by atoms with Crippen molar-refractivity contribution < 1.29 is 14.6 Å². The van der Waals surface area contributed by atoms with E-state index in [1.165, 1.54) is 0 Å². The van der Waals surface area contributed by atoms with Crippen LogP contribution in [-0.2, 0) is 9.47 Å². The summed E-state index contributed by atoms with van der Waals surface area (Å²) in [6, 6.07) is 9.03. The van der Waals surface area contributed by atoms with Crippen molar-refractivity contribution in [2.45, 2.75) is 44.3 Å². The molecule has 1 heterocycles. The molecule has 1 aliphatic heterocycles. The number of hydrogen-bond acceptors (Lipinski definition) is 4. The number of hydrogen-bond donors (Lipinski definition) is 1. The normalized spacial score (nSPS) is 27.6. The van der Waals surface area contributed by atoms with Crippen molar-refractivity contribution in [3.63, 3.8) is 0 Å². The molecule has 0 aromatic heterocycles. The molecular formula is C14H19N3O3. The van der Waals surface area contributed by atoms with Crippen molar-refractivity contribution >= 4 is 0 Å². The van der Waals surface area contributed by atoms with Crippen LogP contribution < -0.4 is 0 Å². The summed E-state index contributed by atoms with van der Waals surface area (Å²) in [7, 11) is 0. The minimum absolute atomic E-state index is 0.245. The van der Waals surface area contributed by atoms with E-state index in [1.807, 2.05) is 37.3 Å². The fourth-order valence-electron chi connectivity index (χ4n) is 2.31. The lowest BCUT2D eigenvalue weighted by Crippen LogP contribution is -2.46. The van der Waals surface area contributed by atoms with Gasteiger partial charge < -0.3 is 14.6 Å². The molecule has 0 aliphatic carbocycles. The summed E-state index contributed by atoms with van der Waals surface area (Å²) < 4.78 is 11.4. The van der Waals surface area contributed by atoms with Crippen LogP contribution in [0.5, 0.6) is 0 Å². The molecule has 108 valence electrons. The van der Waals surface area contributed by atoms with Crippen LogP contribution in [0.3, 0.4) is 0 Å². The Morgan fingerprint density at radius 1 is 1.45 bits per heavy atom. The number of aliphatic hydroxyl groups excluding tert-OH is 1. The van der Waals surface area contributed by atoms with Crippen LogP contribution in [0.25, 0.3) is 10.4 Å². The van der Waals surface area contributed by atoms with Crippen molar-refractivity contribution in [3.05, 3.63) is 46.3 Å². The Hall–Kier alpha value is -1.59. The lowest BCUT2D eigenvalue weighted by molar-refractivity contribution is -0.245. The average molecular weight is 277 g/mol. The number of nitrogens with zero attached hydrogens (tertiary/aromatic N) is 3. The lowest BCUT2D eigenvalue weighted by Gasteiger charge is -2.37. The summed E-state index contributed by atoms with van der Waals surface area (Å²) in [5, 5.41) is 13.8. The number of rotatable bonds is 5. The molecule has 2 rings (SSSR count). The van der Waals surface area contributed by atoms with Crippen LogP contribution in [-0.4, -0.2) is 30.0 Å². The third-order valence-corrected chi connectivity index (χ3v) is 3.31. The zero-order valence-corrected chi connectivity index (χ0v) is 11.4. The fourth-order valence-corrected chi connectivity index (χ4v) is 2.31. The Morgan fingerprint density at radius 2 is 2.20 bits per heavy atom. The molecule has 20 heavy (non-hydrogen) atoms.